The molecular formula is C28H34O4. The maximum Gasteiger partial charge on any atom is 0.160 e. The van der Waals surface area contributed by atoms with Crippen LogP contribution in [0.2, 0.25) is 0 Å². The van der Waals surface area contributed by atoms with Crippen LogP contribution in [0.3, 0.4) is 0 Å². The van der Waals surface area contributed by atoms with Gasteiger partial charge in [-0.2, -0.15) is 0 Å². The number of para-hydroxylation sites is 2. The zero-order chi connectivity index (χ0) is 22.6. The van der Waals surface area contributed by atoms with Gasteiger partial charge in [0.05, 0.1) is 0 Å². The standard InChI is InChI=1S/C28H34O4/c1-20(2)24-15-25(21(3)4)27-26(24)31-18-28(19-32-27,16-29-22-11-7-5-8-12-22)17-30-23-13-9-6-10-14-23/h5-14,20-21H,15-19H2,1-4H3. The van der Waals surface area contributed by atoms with Crippen LogP contribution in [0.5, 0.6) is 11.5 Å². The SMILES string of the molecule is CC(C)C1=C2OCC(COc3ccccc3)(COc3ccccc3)COC2=C(C(C)C)C1. The van der Waals surface area contributed by atoms with Crippen LogP contribution in [-0.4, -0.2) is 26.4 Å². The summed E-state index contributed by atoms with van der Waals surface area (Å²) in [6.45, 7) is 10.7. The summed E-state index contributed by atoms with van der Waals surface area (Å²) in [6.07, 6.45) is 0.939. The predicted octanol–water partition coefficient (Wildman–Crippen LogP) is 6.40. The molecule has 0 aromatic heterocycles. The zero-order valence-electron chi connectivity index (χ0n) is 19.6. The van der Waals surface area contributed by atoms with Gasteiger partial charge in [-0.1, -0.05) is 64.1 Å². The predicted molar refractivity (Wildman–Crippen MR) is 127 cm³/mol. The van der Waals surface area contributed by atoms with Crippen LogP contribution in [0.15, 0.2) is 83.3 Å². The minimum atomic E-state index is -0.444. The van der Waals surface area contributed by atoms with Gasteiger partial charge in [-0.05, 0) is 53.7 Å². The quantitative estimate of drug-likeness (QED) is 0.482. The van der Waals surface area contributed by atoms with Crippen LogP contribution in [-0.2, 0) is 9.47 Å². The first-order valence-corrected chi connectivity index (χ1v) is 11.6. The summed E-state index contributed by atoms with van der Waals surface area (Å²) in [6, 6.07) is 19.8. The number of allylic oxidation sites excluding steroid dienone is 2. The van der Waals surface area contributed by atoms with E-state index >= 15 is 0 Å². The Morgan fingerprint density at radius 2 is 1.09 bits per heavy atom. The fraction of sp³-hybridized carbons (Fsp3) is 0.429. The Morgan fingerprint density at radius 1 is 0.688 bits per heavy atom. The molecule has 0 saturated carbocycles. The van der Waals surface area contributed by atoms with Crippen molar-refractivity contribution in [3.63, 3.8) is 0 Å². The van der Waals surface area contributed by atoms with Gasteiger partial charge in [0.25, 0.3) is 0 Å². The van der Waals surface area contributed by atoms with E-state index in [0.717, 1.165) is 29.4 Å². The van der Waals surface area contributed by atoms with Gasteiger partial charge in [-0.3, -0.25) is 0 Å². The van der Waals surface area contributed by atoms with Crippen LogP contribution in [0.25, 0.3) is 0 Å². The molecule has 0 amide bonds. The minimum Gasteiger partial charge on any atom is -0.493 e. The van der Waals surface area contributed by atoms with Crippen LogP contribution in [0, 0.1) is 17.3 Å². The topological polar surface area (TPSA) is 36.9 Å². The van der Waals surface area contributed by atoms with E-state index in [1.165, 1.54) is 11.1 Å². The average Bonchev–Trinajstić information content (AvgIpc) is 3.09. The molecule has 0 bridgehead atoms. The molecule has 1 aliphatic heterocycles. The smallest absolute Gasteiger partial charge is 0.160 e. The van der Waals surface area contributed by atoms with Crippen molar-refractivity contribution in [1.29, 1.82) is 0 Å². The van der Waals surface area contributed by atoms with Gasteiger partial charge in [-0.15, -0.1) is 0 Å². The van der Waals surface area contributed by atoms with Gasteiger partial charge in [0, 0.05) is 0 Å². The number of benzene rings is 2. The van der Waals surface area contributed by atoms with Crippen molar-refractivity contribution in [2.75, 3.05) is 26.4 Å². The third-order valence-corrected chi connectivity index (χ3v) is 6.19. The van der Waals surface area contributed by atoms with Crippen molar-refractivity contribution >= 4 is 0 Å². The molecule has 0 atom stereocenters. The molecule has 0 unspecified atom stereocenters. The Hall–Kier alpha value is -2.88. The van der Waals surface area contributed by atoms with E-state index in [2.05, 4.69) is 27.7 Å². The number of hydrogen-bond donors (Lipinski definition) is 0. The highest BCUT2D eigenvalue weighted by molar-refractivity contribution is 5.43. The van der Waals surface area contributed by atoms with Crippen molar-refractivity contribution in [3.05, 3.63) is 83.3 Å². The lowest BCUT2D eigenvalue weighted by Gasteiger charge is -2.30. The third-order valence-electron chi connectivity index (χ3n) is 6.19. The molecule has 1 aliphatic carbocycles. The second kappa shape index (κ2) is 9.72. The highest BCUT2D eigenvalue weighted by Gasteiger charge is 2.42. The van der Waals surface area contributed by atoms with Gasteiger partial charge in [0.1, 0.15) is 43.3 Å². The normalized spacial score (nSPS) is 17.7. The van der Waals surface area contributed by atoms with Gasteiger partial charge in [0.15, 0.2) is 11.5 Å². The molecule has 4 nitrogen and oxygen atoms in total. The minimum absolute atomic E-state index is 0.411. The molecule has 0 radical (unpaired) electrons. The van der Waals surface area contributed by atoms with Crippen molar-refractivity contribution < 1.29 is 18.9 Å². The summed E-state index contributed by atoms with van der Waals surface area (Å²) in [5.41, 5.74) is 2.21. The summed E-state index contributed by atoms with van der Waals surface area (Å²) in [7, 11) is 0. The van der Waals surface area contributed by atoms with E-state index in [0.29, 0.717) is 38.3 Å². The lowest BCUT2D eigenvalue weighted by atomic mass is 9.92. The van der Waals surface area contributed by atoms with E-state index in [1.54, 1.807) is 0 Å². The van der Waals surface area contributed by atoms with Crippen molar-refractivity contribution in [3.8, 4) is 11.5 Å². The second-order valence-electron chi connectivity index (χ2n) is 9.48. The second-order valence-corrected chi connectivity index (χ2v) is 9.48. The van der Waals surface area contributed by atoms with Gasteiger partial charge >= 0.3 is 0 Å². The highest BCUT2D eigenvalue weighted by atomic mass is 16.6. The first-order valence-electron chi connectivity index (χ1n) is 11.6. The lowest BCUT2D eigenvalue weighted by molar-refractivity contribution is -0.0120. The molecule has 0 spiro atoms. The van der Waals surface area contributed by atoms with Crippen LogP contribution >= 0.6 is 0 Å². The van der Waals surface area contributed by atoms with Crippen LogP contribution < -0.4 is 9.47 Å². The van der Waals surface area contributed by atoms with Crippen LogP contribution in [0.1, 0.15) is 34.1 Å². The van der Waals surface area contributed by atoms with Crippen molar-refractivity contribution in [2.24, 2.45) is 17.3 Å². The summed E-state index contributed by atoms with van der Waals surface area (Å²) in [5, 5.41) is 0. The number of fused-ring (bicyclic) bond motifs is 1. The number of rotatable bonds is 8. The van der Waals surface area contributed by atoms with Crippen molar-refractivity contribution in [2.45, 2.75) is 34.1 Å². The lowest BCUT2D eigenvalue weighted by Crippen LogP contribution is -2.42. The maximum atomic E-state index is 6.51. The first-order chi connectivity index (χ1) is 15.5. The van der Waals surface area contributed by atoms with Gasteiger partial charge < -0.3 is 18.9 Å². The average molecular weight is 435 g/mol. The highest BCUT2D eigenvalue weighted by Crippen LogP contribution is 2.43. The maximum absolute atomic E-state index is 6.51. The molecule has 4 rings (SSSR count). The largest absolute Gasteiger partial charge is 0.493 e. The van der Waals surface area contributed by atoms with Crippen LogP contribution in [0.4, 0.5) is 0 Å². The van der Waals surface area contributed by atoms with E-state index in [-0.39, 0.29) is 0 Å². The Labute approximate surface area is 191 Å². The molecule has 32 heavy (non-hydrogen) atoms. The number of ether oxygens (including phenoxy) is 4. The fourth-order valence-corrected chi connectivity index (χ4v) is 4.11. The summed E-state index contributed by atoms with van der Waals surface area (Å²) < 4.78 is 25.4. The molecule has 1 fully saturated rings. The Bertz CT molecular complexity index is 878. The monoisotopic (exact) mass is 434 g/mol. The summed E-state index contributed by atoms with van der Waals surface area (Å²) in [5.74, 6) is 4.36. The molecule has 170 valence electrons. The zero-order valence-corrected chi connectivity index (χ0v) is 19.6. The molecule has 2 aromatic rings. The van der Waals surface area contributed by atoms with E-state index in [9.17, 15) is 0 Å². The van der Waals surface area contributed by atoms with E-state index in [4.69, 9.17) is 18.9 Å². The Kier molecular flexibility index (Phi) is 6.78. The van der Waals surface area contributed by atoms with Gasteiger partial charge in [0.2, 0.25) is 0 Å². The summed E-state index contributed by atoms with van der Waals surface area (Å²) >= 11 is 0. The first kappa shape index (κ1) is 22.3. The third kappa shape index (κ3) is 4.95. The molecule has 1 saturated heterocycles. The molecule has 1 heterocycles. The van der Waals surface area contributed by atoms with Gasteiger partial charge in [-0.25, -0.2) is 0 Å². The molecule has 2 aromatic carbocycles. The molecule has 4 heteroatoms. The fourth-order valence-electron chi connectivity index (χ4n) is 4.11. The van der Waals surface area contributed by atoms with E-state index in [1.807, 2.05) is 60.7 Å². The Balaban J connectivity index is 1.60. The molecular weight excluding hydrogens is 400 g/mol. The van der Waals surface area contributed by atoms with E-state index < -0.39 is 5.41 Å². The van der Waals surface area contributed by atoms with Crippen molar-refractivity contribution in [1.82, 2.24) is 0 Å². The molecule has 2 aliphatic rings. The molecule has 0 N–H and O–H groups in total. The summed E-state index contributed by atoms with van der Waals surface area (Å²) in [4.78, 5) is 0. The number of hydrogen-bond acceptors (Lipinski definition) is 4. The Morgan fingerprint density at radius 3 is 1.47 bits per heavy atom.